The average molecular weight is 184 g/mol. The van der Waals surface area contributed by atoms with E-state index < -0.39 is 0 Å². The van der Waals surface area contributed by atoms with E-state index in [9.17, 15) is 0 Å². The predicted molar refractivity (Wildman–Crippen MR) is 59.7 cm³/mol. The van der Waals surface area contributed by atoms with Crippen molar-refractivity contribution in [2.75, 3.05) is 13.1 Å². The van der Waals surface area contributed by atoms with Crippen LogP contribution in [0.3, 0.4) is 0 Å². The lowest BCUT2D eigenvalue weighted by Gasteiger charge is -2.25. The molecule has 0 aliphatic carbocycles. The highest BCUT2D eigenvalue weighted by Crippen LogP contribution is 2.20. The highest BCUT2D eigenvalue weighted by atomic mass is 14.9. The first kappa shape index (κ1) is 12.7. The summed E-state index contributed by atoms with van der Waals surface area (Å²) >= 11 is 0. The molecule has 0 saturated carbocycles. The molecule has 0 aromatic heterocycles. The molecule has 3 N–H and O–H groups in total. The smallest absolute Gasteiger partial charge is 0.0195 e. The summed E-state index contributed by atoms with van der Waals surface area (Å²) in [5.41, 5.74) is 6.03. The molecule has 0 amide bonds. The summed E-state index contributed by atoms with van der Waals surface area (Å²) in [6.45, 7) is 12.1. The Balaban J connectivity index is 3.69. The fourth-order valence-corrected chi connectivity index (χ4v) is 1.37. The van der Waals surface area contributed by atoms with Crippen LogP contribution in [0.5, 0.6) is 0 Å². The van der Waals surface area contributed by atoms with Crippen molar-refractivity contribution in [1.29, 1.82) is 0 Å². The van der Waals surface area contributed by atoms with E-state index in [-0.39, 0.29) is 0 Å². The van der Waals surface area contributed by atoms with Gasteiger partial charge in [0.2, 0.25) is 0 Å². The van der Waals surface area contributed by atoms with E-state index in [0.29, 0.717) is 18.0 Å². The summed E-state index contributed by atoms with van der Waals surface area (Å²) in [5, 5.41) is 3.43. The van der Waals surface area contributed by atoms with Crippen LogP contribution in [0.2, 0.25) is 0 Å². The zero-order valence-corrected chi connectivity index (χ0v) is 9.27. The minimum absolute atomic E-state index is 0.352. The van der Waals surface area contributed by atoms with Crippen molar-refractivity contribution in [3.05, 3.63) is 12.7 Å². The third-order valence-corrected chi connectivity index (χ3v) is 1.92. The average Bonchev–Trinajstić information content (AvgIpc) is 2.01. The predicted octanol–water partition coefficient (Wildman–Crippen LogP) is 1.92. The minimum atomic E-state index is 0.352. The Morgan fingerprint density at radius 3 is 2.46 bits per heavy atom. The molecule has 2 heteroatoms. The van der Waals surface area contributed by atoms with E-state index in [0.717, 1.165) is 19.4 Å². The topological polar surface area (TPSA) is 38.0 Å². The van der Waals surface area contributed by atoms with Crippen LogP contribution in [-0.4, -0.2) is 19.1 Å². The van der Waals surface area contributed by atoms with E-state index in [2.05, 4.69) is 32.7 Å². The summed E-state index contributed by atoms with van der Waals surface area (Å²) in [5.74, 6) is 0. The number of hydrogen-bond donors (Lipinski definition) is 2. The van der Waals surface area contributed by atoms with Crippen LogP contribution in [0, 0.1) is 5.41 Å². The van der Waals surface area contributed by atoms with Gasteiger partial charge in [-0.1, -0.05) is 26.8 Å². The first-order valence-corrected chi connectivity index (χ1v) is 5.04. The Labute approximate surface area is 82.6 Å². The number of hydrogen-bond acceptors (Lipinski definition) is 2. The van der Waals surface area contributed by atoms with Crippen LogP contribution < -0.4 is 11.1 Å². The van der Waals surface area contributed by atoms with E-state index >= 15 is 0 Å². The molecule has 0 aliphatic rings. The molecule has 0 fully saturated rings. The second-order valence-electron chi connectivity index (χ2n) is 4.73. The van der Waals surface area contributed by atoms with Crippen molar-refractivity contribution in [3.8, 4) is 0 Å². The molecule has 0 aromatic rings. The highest BCUT2D eigenvalue weighted by molar-refractivity contribution is 4.77. The van der Waals surface area contributed by atoms with Gasteiger partial charge in [0.25, 0.3) is 0 Å². The van der Waals surface area contributed by atoms with Crippen molar-refractivity contribution in [3.63, 3.8) is 0 Å². The van der Waals surface area contributed by atoms with Crippen LogP contribution in [0.25, 0.3) is 0 Å². The lowest BCUT2D eigenvalue weighted by molar-refractivity contribution is 0.312. The Bertz CT molecular complexity index is 136. The van der Waals surface area contributed by atoms with E-state index in [1.54, 1.807) is 0 Å². The van der Waals surface area contributed by atoms with Gasteiger partial charge in [-0.3, -0.25) is 0 Å². The van der Waals surface area contributed by atoms with Gasteiger partial charge in [-0.15, -0.1) is 6.58 Å². The zero-order valence-electron chi connectivity index (χ0n) is 9.27. The molecule has 0 heterocycles. The van der Waals surface area contributed by atoms with Gasteiger partial charge in [0.15, 0.2) is 0 Å². The van der Waals surface area contributed by atoms with Crippen molar-refractivity contribution < 1.29 is 0 Å². The van der Waals surface area contributed by atoms with Crippen LogP contribution in [0.15, 0.2) is 12.7 Å². The molecule has 1 atom stereocenters. The number of nitrogens with two attached hydrogens (primary N) is 1. The zero-order chi connectivity index (χ0) is 10.3. The monoisotopic (exact) mass is 184 g/mol. The molecular formula is C11H24N2. The second kappa shape index (κ2) is 6.17. The molecule has 78 valence electrons. The van der Waals surface area contributed by atoms with Crippen LogP contribution >= 0.6 is 0 Å². The third-order valence-electron chi connectivity index (χ3n) is 1.92. The number of nitrogens with one attached hydrogen (secondary N) is 1. The van der Waals surface area contributed by atoms with Gasteiger partial charge in [-0.05, 0) is 24.8 Å². The summed E-state index contributed by atoms with van der Waals surface area (Å²) in [4.78, 5) is 0. The standard InChI is InChI=1S/C11H24N2/c1-5-6-7-13-10(9-12)8-11(2,3)4/h5,10,13H,1,6-9,12H2,2-4H3. The van der Waals surface area contributed by atoms with E-state index in [1.807, 2.05) is 6.08 Å². The van der Waals surface area contributed by atoms with Gasteiger partial charge in [0, 0.05) is 12.6 Å². The Kier molecular flexibility index (Phi) is 6.00. The maximum Gasteiger partial charge on any atom is 0.0195 e. The Hall–Kier alpha value is -0.340. The Morgan fingerprint density at radius 1 is 1.46 bits per heavy atom. The molecule has 2 nitrogen and oxygen atoms in total. The van der Waals surface area contributed by atoms with Gasteiger partial charge in [0.05, 0.1) is 0 Å². The first-order chi connectivity index (χ1) is 5.99. The maximum atomic E-state index is 5.67. The van der Waals surface area contributed by atoms with Gasteiger partial charge >= 0.3 is 0 Å². The fraction of sp³-hybridized carbons (Fsp3) is 0.818. The normalized spacial score (nSPS) is 14.2. The van der Waals surface area contributed by atoms with Crippen LogP contribution in [0.4, 0.5) is 0 Å². The van der Waals surface area contributed by atoms with Crippen molar-refractivity contribution in [1.82, 2.24) is 5.32 Å². The molecule has 0 aromatic carbocycles. The quantitative estimate of drug-likeness (QED) is 0.489. The summed E-state index contributed by atoms with van der Waals surface area (Å²) in [7, 11) is 0. The Morgan fingerprint density at radius 2 is 2.08 bits per heavy atom. The molecular weight excluding hydrogens is 160 g/mol. The molecule has 0 radical (unpaired) electrons. The fourth-order valence-electron chi connectivity index (χ4n) is 1.37. The van der Waals surface area contributed by atoms with E-state index in [1.165, 1.54) is 0 Å². The van der Waals surface area contributed by atoms with E-state index in [4.69, 9.17) is 5.73 Å². The van der Waals surface area contributed by atoms with Crippen molar-refractivity contribution in [2.24, 2.45) is 11.1 Å². The lowest BCUT2D eigenvalue weighted by atomic mass is 9.88. The molecule has 1 unspecified atom stereocenters. The van der Waals surface area contributed by atoms with Gasteiger partial charge in [0.1, 0.15) is 0 Å². The molecule has 13 heavy (non-hydrogen) atoms. The summed E-state index contributed by atoms with van der Waals surface area (Å²) in [6.07, 6.45) is 4.07. The molecule has 0 aliphatic heterocycles. The SMILES string of the molecule is C=CCCNC(CN)CC(C)(C)C. The molecule has 0 bridgehead atoms. The molecule has 0 spiro atoms. The number of rotatable bonds is 6. The highest BCUT2D eigenvalue weighted by Gasteiger charge is 2.16. The van der Waals surface area contributed by atoms with Crippen molar-refractivity contribution in [2.45, 2.75) is 39.7 Å². The van der Waals surface area contributed by atoms with Crippen LogP contribution in [0.1, 0.15) is 33.6 Å². The minimum Gasteiger partial charge on any atom is -0.329 e. The molecule has 0 saturated heterocycles. The van der Waals surface area contributed by atoms with Crippen LogP contribution in [-0.2, 0) is 0 Å². The summed E-state index contributed by atoms with van der Waals surface area (Å²) < 4.78 is 0. The van der Waals surface area contributed by atoms with Gasteiger partial charge in [-0.2, -0.15) is 0 Å². The maximum absolute atomic E-state index is 5.67. The lowest BCUT2D eigenvalue weighted by Crippen LogP contribution is -2.39. The largest absolute Gasteiger partial charge is 0.329 e. The van der Waals surface area contributed by atoms with Gasteiger partial charge < -0.3 is 11.1 Å². The summed E-state index contributed by atoms with van der Waals surface area (Å²) in [6, 6.07) is 0.444. The second-order valence-corrected chi connectivity index (χ2v) is 4.73. The third kappa shape index (κ3) is 8.00. The van der Waals surface area contributed by atoms with Crippen molar-refractivity contribution >= 4 is 0 Å². The first-order valence-electron chi connectivity index (χ1n) is 5.04. The van der Waals surface area contributed by atoms with Gasteiger partial charge in [-0.25, -0.2) is 0 Å². The molecule has 0 rings (SSSR count).